The van der Waals surface area contributed by atoms with E-state index in [-0.39, 0.29) is 0 Å². The van der Waals surface area contributed by atoms with Crippen molar-refractivity contribution >= 4 is 5.96 Å². The summed E-state index contributed by atoms with van der Waals surface area (Å²) in [6.45, 7) is 4.56. The number of nitrogens with zero attached hydrogens (tertiary/aromatic N) is 1. The highest BCUT2D eigenvalue weighted by molar-refractivity contribution is 5.80. The van der Waals surface area contributed by atoms with Crippen LogP contribution in [-0.2, 0) is 11.3 Å². The Morgan fingerprint density at radius 3 is 2.96 bits per heavy atom. The Morgan fingerprint density at radius 1 is 1.35 bits per heavy atom. The van der Waals surface area contributed by atoms with E-state index in [1.807, 2.05) is 12.1 Å². The van der Waals surface area contributed by atoms with E-state index in [4.69, 9.17) is 14.5 Å². The van der Waals surface area contributed by atoms with Gasteiger partial charge in [0, 0.05) is 30.5 Å². The first kappa shape index (κ1) is 17.7. The highest BCUT2D eigenvalue weighted by Crippen LogP contribution is 2.60. The van der Waals surface area contributed by atoms with E-state index in [2.05, 4.69) is 29.7 Å². The lowest BCUT2D eigenvalue weighted by Gasteiger charge is -2.57. The van der Waals surface area contributed by atoms with Gasteiger partial charge in [-0.3, -0.25) is 0 Å². The first-order valence-corrected chi connectivity index (χ1v) is 10.1. The summed E-state index contributed by atoms with van der Waals surface area (Å²) in [4.78, 5) is 4.85. The SMILES string of the molecule is CCNC(=NCc1cccc(OC)c1)NC1C2CCOC2C12CCCC2. The van der Waals surface area contributed by atoms with Gasteiger partial charge < -0.3 is 20.1 Å². The number of methoxy groups -OCH3 is 1. The van der Waals surface area contributed by atoms with Crippen molar-refractivity contribution in [3.8, 4) is 5.75 Å². The predicted octanol–water partition coefficient (Wildman–Crippen LogP) is 3.10. The molecule has 142 valence electrons. The summed E-state index contributed by atoms with van der Waals surface area (Å²) >= 11 is 0. The van der Waals surface area contributed by atoms with E-state index in [0.717, 1.165) is 30.4 Å². The van der Waals surface area contributed by atoms with Crippen molar-refractivity contribution in [2.75, 3.05) is 20.3 Å². The minimum absolute atomic E-state index is 0.341. The summed E-state index contributed by atoms with van der Waals surface area (Å²) in [6.07, 6.45) is 6.91. The molecule has 1 aromatic carbocycles. The van der Waals surface area contributed by atoms with Crippen molar-refractivity contribution in [2.24, 2.45) is 16.3 Å². The Bertz CT molecular complexity index is 654. The van der Waals surface area contributed by atoms with Crippen molar-refractivity contribution in [3.63, 3.8) is 0 Å². The maximum Gasteiger partial charge on any atom is 0.191 e. The van der Waals surface area contributed by atoms with Gasteiger partial charge in [-0.15, -0.1) is 0 Å². The molecule has 2 saturated carbocycles. The fourth-order valence-electron chi connectivity index (χ4n) is 5.31. The fraction of sp³-hybridized carbons (Fsp3) is 0.667. The van der Waals surface area contributed by atoms with Crippen LogP contribution in [0.25, 0.3) is 0 Å². The van der Waals surface area contributed by atoms with Crippen LogP contribution in [0, 0.1) is 11.3 Å². The molecule has 1 spiro atoms. The zero-order chi connectivity index (χ0) is 18.0. The van der Waals surface area contributed by atoms with Crippen molar-refractivity contribution in [3.05, 3.63) is 29.8 Å². The summed E-state index contributed by atoms with van der Waals surface area (Å²) in [7, 11) is 1.70. The van der Waals surface area contributed by atoms with Crippen LogP contribution in [0.1, 0.15) is 44.6 Å². The number of rotatable bonds is 5. The average Bonchev–Trinajstić information content (AvgIpc) is 3.33. The zero-order valence-electron chi connectivity index (χ0n) is 16.0. The third kappa shape index (κ3) is 3.07. The number of hydrogen-bond donors (Lipinski definition) is 2. The smallest absolute Gasteiger partial charge is 0.191 e. The number of benzene rings is 1. The van der Waals surface area contributed by atoms with E-state index >= 15 is 0 Å². The van der Waals surface area contributed by atoms with Crippen LogP contribution in [0.5, 0.6) is 5.75 Å². The molecule has 0 aromatic heterocycles. The molecule has 0 amide bonds. The number of hydrogen-bond acceptors (Lipinski definition) is 3. The normalized spacial score (nSPS) is 29.3. The van der Waals surface area contributed by atoms with Crippen LogP contribution >= 0.6 is 0 Å². The molecule has 2 N–H and O–H groups in total. The Labute approximate surface area is 156 Å². The molecule has 3 unspecified atom stereocenters. The minimum Gasteiger partial charge on any atom is -0.497 e. The van der Waals surface area contributed by atoms with Crippen molar-refractivity contribution in [1.82, 2.24) is 10.6 Å². The summed E-state index contributed by atoms with van der Waals surface area (Å²) in [5.74, 6) is 2.45. The number of ether oxygens (including phenoxy) is 2. The maximum atomic E-state index is 6.10. The summed E-state index contributed by atoms with van der Waals surface area (Å²) in [5, 5.41) is 7.22. The molecule has 1 aliphatic heterocycles. The number of nitrogens with one attached hydrogen (secondary N) is 2. The molecule has 3 fully saturated rings. The van der Waals surface area contributed by atoms with Gasteiger partial charge in [0.25, 0.3) is 0 Å². The number of aliphatic imine (C=N–C) groups is 1. The molecule has 1 heterocycles. The Balaban J connectivity index is 1.47. The van der Waals surface area contributed by atoms with Gasteiger partial charge in [0.2, 0.25) is 0 Å². The predicted molar refractivity (Wildman–Crippen MR) is 103 cm³/mol. The fourth-order valence-corrected chi connectivity index (χ4v) is 5.31. The largest absolute Gasteiger partial charge is 0.497 e. The summed E-state index contributed by atoms with van der Waals surface area (Å²) in [5.41, 5.74) is 1.50. The molecule has 3 aliphatic rings. The molecule has 26 heavy (non-hydrogen) atoms. The molecule has 1 saturated heterocycles. The van der Waals surface area contributed by atoms with E-state index in [0.29, 0.717) is 30.0 Å². The summed E-state index contributed by atoms with van der Waals surface area (Å²) < 4.78 is 11.4. The number of guanidine groups is 1. The standard InChI is InChI=1S/C21H31N3O2/c1-3-22-20(23-14-15-7-6-8-16(13-15)25-2)24-18-17-9-12-26-19(17)21(18)10-4-5-11-21/h6-8,13,17-19H,3-5,9-12,14H2,1-2H3,(H2,22,23,24). The lowest BCUT2D eigenvalue weighted by Crippen LogP contribution is -2.69. The van der Waals surface area contributed by atoms with Crippen LogP contribution < -0.4 is 15.4 Å². The highest BCUT2D eigenvalue weighted by Gasteiger charge is 2.65. The lowest BCUT2D eigenvalue weighted by molar-refractivity contribution is -0.125. The molecular weight excluding hydrogens is 326 g/mol. The van der Waals surface area contributed by atoms with Gasteiger partial charge in [-0.25, -0.2) is 4.99 Å². The lowest BCUT2D eigenvalue weighted by atomic mass is 9.54. The summed E-state index contributed by atoms with van der Waals surface area (Å²) in [6, 6.07) is 8.63. The quantitative estimate of drug-likeness (QED) is 0.628. The maximum absolute atomic E-state index is 6.10. The molecule has 4 rings (SSSR count). The van der Waals surface area contributed by atoms with Gasteiger partial charge in [-0.2, -0.15) is 0 Å². The topological polar surface area (TPSA) is 54.9 Å². The molecule has 0 bridgehead atoms. The molecule has 2 aliphatic carbocycles. The van der Waals surface area contributed by atoms with E-state index in [1.54, 1.807) is 7.11 Å². The minimum atomic E-state index is 0.341. The van der Waals surface area contributed by atoms with Crippen molar-refractivity contribution < 1.29 is 9.47 Å². The van der Waals surface area contributed by atoms with E-state index in [9.17, 15) is 0 Å². The molecule has 0 radical (unpaired) electrons. The van der Waals surface area contributed by atoms with Crippen LogP contribution in [0.15, 0.2) is 29.3 Å². The van der Waals surface area contributed by atoms with Gasteiger partial charge in [-0.05, 0) is 43.9 Å². The van der Waals surface area contributed by atoms with Gasteiger partial charge in [0.1, 0.15) is 5.75 Å². The van der Waals surface area contributed by atoms with Gasteiger partial charge in [0.05, 0.1) is 19.8 Å². The van der Waals surface area contributed by atoms with Gasteiger partial charge in [-0.1, -0.05) is 25.0 Å². The second-order valence-electron chi connectivity index (χ2n) is 7.85. The average molecular weight is 357 g/mol. The number of fused-ring (bicyclic) bond motifs is 2. The highest BCUT2D eigenvalue weighted by atomic mass is 16.5. The zero-order valence-corrected chi connectivity index (χ0v) is 16.0. The van der Waals surface area contributed by atoms with Crippen LogP contribution in [0.3, 0.4) is 0 Å². The van der Waals surface area contributed by atoms with E-state index in [1.165, 1.54) is 32.1 Å². The Hall–Kier alpha value is -1.75. The molecular formula is C21H31N3O2. The van der Waals surface area contributed by atoms with Crippen LogP contribution in [0.2, 0.25) is 0 Å². The molecule has 1 aromatic rings. The third-order valence-electron chi connectivity index (χ3n) is 6.48. The first-order valence-electron chi connectivity index (χ1n) is 10.1. The van der Waals surface area contributed by atoms with E-state index < -0.39 is 0 Å². The first-order chi connectivity index (χ1) is 12.8. The van der Waals surface area contributed by atoms with Gasteiger partial charge in [0.15, 0.2) is 5.96 Å². The van der Waals surface area contributed by atoms with Crippen molar-refractivity contribution in [1.29, 1.82) is 0 Å². The Kier molecular flexibility index (Phi) is 5.07. The monoisotopic (exact) mass is 357 g/mol. The Morgan fingerprint density at radius 2 is 2.19 bits per heavy atom. The molecule has 3 atom stereocenters. The second kappa shape index (κ2) is 7.47. The van der Waals surface area contributed by atoms with Gasteiger partial charge >= 0.3 is 0 Å². The third-order valence-corrected chi connectivity index (χ3v) is 6.48. The molecule has 5 nitrogen and oxygen atoms in total. The van der Waals surface area contributed by atoms with Crippen LogP contribution in [0.4, 0.5) is 0 Å². The van der Waals surface area contributed by atoms with Crippen LogP contribution in [-0.4, -0.2) is 38.4 Å². The molecule has 5 heteroatoms. The second-order valence-corrected chi connectivity index (χ2v) is 7.85. The van der Waals surface area contributed by atoms with Crippen molar-refractivity contribution in [2.45, 2.75) is 57.7 Å².